The molecular weight excluding hydrogens is 522 g/mol. The minimum Gasteiger partial charge on any atom is -0.376 e. The van der Waals surface area contributed by atoms with Crippen molar-refractivity contribution in [1.82, 2.24) is 10.2 Å². The summed E-state index contributed by atoms with van der Waals surface area (Å²) in [5.41, 5.74) is 0.248. The SMILES string of the molecule is CN=C(NCCc1ccc(C(F)(F)F)cc1)N1CCC(OCC2CCCCO2)CC1.I. The molecule has 9 heteroatoms. The van der Waals surface area contributed by atoms with E-state index in [4.69, 9.17) is 9.47 Å². The fourth-order valence-corrected chi connectivity index (χ4v) is 3.93. The van der Waals surface area contributed by atoms with Gasteiger partial charge in [0.15, 0.2) is 5.96 Å². The zero-order valence-corrected chi connectivity index (χ0v) is 20.3. The summed E-state index contributed by atoms with van der Waals surface area (Å²) in [4.78, 5) is 6.57. The Kier molecular flexibility index (Phi) is 10.8. The van der Waals surface area contributed by atoms with Gasteiger partial charge in [-0.3, -0.25) is 4.99 Å². The molecule has 0 radical (unpaired) electrons. The molecule has 2 heterocycles. The molecule has 1 atom stereocenters. The van der Waals surface area contributed by atoms with E-state index in [0.717, 1.165) is 69.0 Å². The number of hydrogen-bond donors (Lipinski definition) is 1. The van der Waals surface area contributed by atoms with Crippen LogP contribution in [0.2, 0.25) is 0 Å². The largest absolute Gasteiger partial charge is 0.416 e. The highest BCUT2D eigenvalue weighted by molar-refractivity contribution is 14.0. The van der Waals surface area contributed by atoms with Crippen molar-refractivity contribution < 1.29 is 22.6 Å². The Balaban J connectivity index is 0.00000341. The van der Waals surface area contributed by atoms with Crippen molar-refractivity contribution in [2.45, 2.75) is 56.9 Å². The summed E-state index contributed by atoms with van der Waals surface area (Å²) >= 11 is 0. The van der Waals surface area contributed by atoms with E-state index < -0.39 is 11.7 Å². The van der Waals surface area contributed by atoms with E-state index in [1.54, 1.807) is 7.05 Å². The lowest BCUT2D eigenvalue weighted by Gasteiger charge is -2.35. The Hall–Kier alpha value is -1.07. The molecule has 1 aromatic carbocycles. The molecule has 1 aromatic rings. The molecule has 1 N–H and O–H groups in total. The van der Waals surface area contributed by atoms with Crippen molar-refractivity contribution in [2.75, 3.05) is 39.9 Å². The fourth-order valence-electron chi connectivity index (χ4n) is 3.93. The van der Waals surface area contributed by atoms with Crippen molar-refractivity contribution in [1.29, 1.82) is 0 Å². The van der Waals surface area contributed by atoms with Crippen LogP contribution in [0.5, 0.6) is 0 Å². The van der Waals surface area contributed by atoms with Crippen LogP contribution in [0.1, 0.15) is 43.2 Å². The summed E-state index contributed by atoms with van der Waals surface area (Å²) in [6.45, 7) is 3.89. The van der Waals surface area contributed by atoms with Crippen LogP contribution < -0.4 is 5.32 Å². The molecule has 176 valence electrons. The van der Waals surface area contributed by atoms with Crippen molar-refractivity contribution in [3.63, 3.8) is 0 Å². The van der Waals surface area contributed by atoms with Crippen LogP contribution in [-0.2, 0) is 22.1 Å². The van der Waals surface area contributed by atoms with Crippen LogP contribution in [0, 0.1) is 0 Å². The highest BCUT2D eigenvalue weighted by atomic mass is 127. The molecule has 0 aliphatic carbocycles. The number of nitrogens with zero attached hydrogens (tertiary/aromatic N) is 2. The summed E-state index contributed by atoms with van der Waals surface area (Å²) in [6, 6.07) is 5.33. The molecule has 5 nitrogen and oxygen atoms in total. The molecule has 0 amide bonds. The number of ether oxygens (including phenoxy) is 2. The average Bonchev–Trinajstić information content (AvgIpc) is 2.76. The standard InChI is InChI=1S/C22H32F3N3O2.HI/c1-26-21(27-12-9-17-5-7-18(8-6-17)22(23,24)25)28-13-10-19(11-14-28)30-16-20-4-2-3-15-29-20;/h5-8,19-20H,2-4,9-16H2,1H3,(H,26,27);1H. The van der Waals surface area contributed by atoms with Crippen molar-refractivity contribution in [2.24, 2.45) is 4.99 Å². The first-order valence-corrected chi connectivity index (χ1v) is 10.8. The molecule has 0 aromatic heterocycles. The van der Waals surface area contributed by atoms with Gasteiger partial charge in [0.05, 0.1) is 24.4 Å². The summed E-state index contributed by atoms with van der Waals surface area (Å²) in [6.07, 6.45) is 2.22. The van der Waals surface area contributed by atoms with Gasteiger partial charge in [-0.2, -0.15) is 13.2 Å². The minimum atomic E-state index is -4.29. The van der Waals surface area contributed by atoms with Gasteiger partial charge in [-0.25, -0.2) is 0 Å². The quantitative estimate of drug-likeness (QED) is 0.320. The van der Waals surface area contributed by atoms with Crippen molar-refractivity contribution in [3.05, 3.63) is 35.4 Å². The van der Waals surface area contributed by atoms with Crippen LogP contribution >= 0.6 is 24.0 Å². The van der Waals surface area contributed by atoms with Gasteiger partial charge < -0.3 is 19.7 Å². The van der Waals surface area contributed by atoms with Gasteiger partial charge in [-0.1, -0.05) is 12.1 Å². The maximum absolute atomic E-state index is 12.7. The summed E-state index contributed by atoms with van der Waals surface area (Å²) in [5, 5.41) is 3.32. The molecule has 31 heavy (non-hydrogen) atoms. The first-order chi connectivity index (χ1) is 14.5. The van der Waals surface area contributed by atoms with Gasteiger partial charge in [0.1, 0.15) is 0 Å². The molecule has 1 unspecified atom stereocenters. The van der Waals surface area contributed by atoms with E-state index in [0.29, 0.717) is 19.6 Å². The number of likely N-dealkylation sites (tertiary alicyclic amines) is 1. The van der Waals surface area contributed by atoms with Gasteiger partial charge in [-0.05, 0) is 56.2 Å². The Morgan fingerprint density at radius 3 is 2.45 bits per heavy atom. The topological polar surface area (TPSA) is 46.1 Å². The predicted octanol–water partition coefficient (Wildman–Crippen LogP) is 4.49. The monoisotopic (exact) mass is 555 g/mol. The fraction of sp³-hybridized carbons (Fsp3) is 0.682. The predicted molar refractivity (Wildman–Crippen MR) is 126 cm³/mol. The lowest BCUT2D eigenvalue weighted by Crippen LogP contribution is -2.47. The molecule has 3 rings (SSSR count). The van der Waals surface area contributed by atoms with Crippen molar-refractivity contribution in [3.8, 4) is 0 Å². The third-order valence-electron chi connectivity index (χ3n) is 5.72. The van der Waals surface area contributed by atoms with Gasteiger partial charge in [0.2, 0.25) is 0 Å². The molecule has 0 bridgehead atoms. The van der Waals surface area contributed by atoms with Gasteiger partial charge in [-0.15, -0.1) is 24.0 Å². The summed E-state index contributed by atoms with van der Waals surface area (Å²) in [7, 11) is 1.75. The van der Waals surface area contributed by atoms with Gasteiger partial charge >= 0.3 is 6.18 Å². The van der Waals surface area contributed by atoms with E-state index in [2.05, 4.69) is 15.2 Å². The first kappa shape index (κ1) is 26.2. The highest BCUT2D eigenvalue weighted by Gasteiger charge is 2.30. The number of rotatable bonds is 6. The third kappa shape index (κ3) is 8.42. The molecule has 2 aliphatic heterocycles. The Labute approximate surface area is 199 Å². The van der Waals surface area contributed by atoms with Gasteiger partial charge in [0, 0.05) is 33.3 Å². The number of guanidine groups is 1. The maximum Gasteiger partial charge on any atom is 0.416 e. The van der Waals surface area contributed by atoms with E-state index in [1.807, 2.05) is 0 Å². The van der Waals surface area contributed by atoms with Crippen LogP contribution in [-0.4, -0.2) is 63.0 Å². The molecular formula is C22H33F3IN3O2. The van der Waals surface area contributed by atoms with E-state index in [1.165, 1.54) is 18.6 Å². The Morgan fingerprint density at radius 2 is 1.87 bits per heavy atom. The number of alkyl halides is 3. The second-order valence-corrected chi connectivity index (χ2v) is 7.93. The smallest absolute Gasteiger partial charge is 0.376 e. The van der Waals surface area contributed by atoms with Crippen molar-refractivity contribution >= 4 is 29.9 Å². The van der Waals surface area contributed by atoms with Crippen LogP contribution in [0.15, 0.2) is 29.3 Å². The van der Waals surface area contributed by atoms with Crippen LogP contribution in [0.4, 0.5) is 13.2 Å². The second kappa shape index (κ2) is 12.8. The number of piperidine rings is 1. The number of halogens is 4. The third-order valence-corrected chi connectivity index (χ3v) is 5.72. The molecule has 0 saturated carbocycles. The Morgan fingerprint density at radius 1 is 1.16 bits per heavy atom. The van der Waals surface area contributed by atoms with Crippen LogP contribution in [0.3, 0.4) is 0 Å². The lowest BCUT2D eigenvalue weighted by atomic mass is 10.1. The second-order valence-electron chi connectivity index (χ2n) is 7.93. The molecule has 2 fully saturated rings. The molecule has 0 spiro atoms. The molecule has 2 saturated heterocycles. The van der Waals surface area contributed by atoms with E-state index in [9.17, 15) is 13.2 Å². The van der Waals surface area contributed by atoms with Crippen LogP contribution in [0.25, 0.3) is 0 Å². The number of nitrogens with one attached hydrogen (secondary N) is 1. The van der Waals surface area contributed by atoms with Gasteiger partial charge in [0.25, 0.3) is 0 Å². The summed E-state index contributed by atoms with van der Waals surface area (Å²) in [5.74, 6) is 0.830. The molecule has 2 aliphatic rings. The zero-order valence-electron chi connectivity index (χ0n) is 18.0. The van der Waals surface area contributed by atoms with E-state index >= 15 is 0 Å². The number of benzene rings is 1. The lowest BCUT2D eigenvalue weighted by molar-refractivity contribution is -0.137. The van der Waals surface area contributed by atoms with E-state index in [-0.39, 0.29) is 36.2 Å². The Bertz CT molecular complexity index is 672. The number of hydrogen-bond acceptors (Lipinski definition) is 3. The minimum absolute atomic E-state index is 0. The normalized spacial score (nSPS) is 21.0. The first-order valence-electron chi connectivity index (χ1n) is 10.8. The summed E-state index contributed by atoms with van der Waals surface area (Å²) < 4.78 is 49.7. The maximum atomic E-state index is 12.7. The zero-order chi connectivity index (χ0) is 21.4. The average molecular weight is 555 g/mol. The highest BCUT2D eigenvalue weighted by Crippen LogP contribution is 2.29. The number of aliphatic imine (C=N–C) groups is 1.